The number of amides is 1. The second-order valence-electron chi connectivity index (χ2n) is 7.50. The number of hydrogen-bond acceptors (Lipinski definition) is 3. The second kappa shape index (κ2) is 9.23. The number of carboxylic acid groups (broad SMARTS) is 1. The molecule has 6 heteroatoms. The largest absolute Gasteiger partial charge is 0.481 e. The number of aliphatic carboxylic acids is 1. The summed E-state index contributed by atoms with van der Waals surface area (Å²) in [6.45, 7) is 0.467. The first-order valence-corrected chi connectivity index (χ1v) is 10.5. The van der Waals surface area contributed by atoms with E-state index in [9.17, 15) is 9.59 Å². The van der Waals surface area contributed by atoms with E-state index in [2.05, 4.69) is 24.3 Å². The average molecular weight is 436 g/mol. The lowest BCUT2D eigenvalue weighted by Gasteiger charge is -2.23. The fourth-order valence-electron chi connectivity index (χ4n) is 4.01. The van der Waals surface area contributed by atoms with E-state index in [1.54, 1.807) is 18.2 Å². The number of hydrogen-bond donors (Lipinski definition) is 1. The van der Waals surface area contributed by atoms with E-state index in [1.807, 2.05) is 30.3 Å². The molecule has 1 aliphatic carbocycles. The minimum Gasteiger partial charge on any atom is -0.481 e. The van der Waals surface area contributed by atoms with Gasteiger partial charge in [0, 0.05) is 24.0 Å². The van der Waals surface area contributed by atoms with Crippen molar-refractivity contribution in [2.75, 3.05) is 13.2 Å². The Labute approximate surface area is 185 Å². The molecule has 0 bridgehead atoms. The highest BCUT2D eigenvalue weighted by atomic mass is 35.5. The van der Waals surface area contributed by atoms with Crippen molar-refractivity contribution < 1.29 is 19.4 Å². The zero-order valence-electron chi connectivity index (χ0n) is 16.8. The van der Waals surface area contributed by atoms with Gasteiger partial charge in [-0.25, -0.2) is 4.79 Å². The molecular weight excluding hydrogens is 414 g/mol. The summed E-state index contributed by atoms with van der Waals surface area (Å²) < 4.78 is 5.70. The molecule has 158 valence electrons. The molecule has 0 fully saturated rings. The molecular formula is C25H22ClNO4. The molecule has 4 rings (SSSR count). The molecule has 0 unspecified atom stereocenters. The predicted molar refractivity (Wildman–Crippen MR) is 119 cm³/mol. The molecule has 1 aliphatic rings. The minimum atomic E-state index is -0.970. The van der Waals surface area contributed by atoms with E-state index in [1.165, 1.54) is 4.90 Å². The number of ether oxygens (including phenoxy) is 1. The Bertz CT molecular complexity index is 1070. The zero-order valence-corrected chi connectivity index (χ0v) is 17.6. The maximum Gasteiger partial charge on any atom is 0.410 e. The van der Waals surface area contributed by atoms with E-state index < -0.39 is 12.1 Å². The van der Waals surface area contributed by atoms with Crippen molar-refractivity contribution in [1.82, 2.24) is 4.90 Å². The van der Waals surface area contributed by atoms with Crippen molar-refractivity contribution in [3.05, 3.63) is 94.5 Å². The standard InChI is InChI=1S/C25H22ClNO4/c26-18-7-5-6-17(14-18)15-27(13-12-24(28)29)25(30)31-16-23-21-10-3-1-8-19(21)20-9-2-4-11-22(20)23/h1-11,14,23H,12-13,15-16H2,(H,28,29). The summed E-state index contributed by atoms with van der Waals surface area (Å²) in [5.74, 6) is -1.02. The first-order valence-electron chi connectivity index (χ1n) is 10.1. The second-order valence-corrected chi connectivity index (χ2v) is 7.94. The number of halogens is 1. The third kappa shape index (κ3) is 4.72. The topological polar surface area (TPSA) is 66.8 Å². The van der Waals surface area contributed by atoms with Gasteiger partial charge in [0.1, 0.15) is 6.61 Å². The summed E-state index contributed by atoms with van der Waals surface area (Å²) in [7, 11) is 0. The van der Waals surface area contributed by atoms with Crippen molar-refractivity contribution in [1.29, 1.82) is 0 Å². The van der Waals surface area contributed by atoms with Crippen LogP contribution in [0.3, 0.4) is 0 Å². The summed E-state index contributed by atoms with van der Waals surface area (Å²) in [6.07, 6.45) is -0.701. The predicted octanol–water partition coefficient (Wildman–Crippen LogP) is 5.57. The maximum absolute atomic E-state index is 12.9. The molecule has 0 saturated carbocycles. The average Bonchev–Trinajstić information content (AvgIpc) is 3.09. The number of fused-ring (bicyclic) bond motifs is 3. The van der Waals surface area contributed by atoms with Gasteiger partial charge >= 0.3 is 12.1 Å². The van der Waals surface area contributed by atoms with Crippen molar-refractivity contribution in [2.45, 2.75) is 18.9 Å². The maximum atomic E-state index is 12.9. The van der Waals surface area contributed by atoms with Gasteiger partial charge in [-0.2, -0.15) is 0 Å². The van der Waals surface area contributed by atoms with Gasteiger partial charge in [-0.1, -0.05) is 72.3 Å². The van der Waals surface area contributed by atoms with Crippen molar-refractivity contribution in [3.63, 3.8) is 0 Å². The third-order valence-corrected chi connectivity index (χ3v) is 5.69. The highest BCUT2D eigenvalue weighted by Gasteiger charge is 2.29. The molecule has 0 heterocycles. The lowest BCUT2D eigenvalue weighted by atomic mass is 9.98. The van der Waals surface area contributed by atoms with E-state index in [0.717, 1.165) is 27.8 Å². The van der Waals surface area contributed by atoms with Gasteiger partial charge in [0.05, 0.1) is 6.42 Å². The van der Waals surface area contributed by atoms with Crippen LogP contribution in [-0.2, 0) is 16.1 Å². The zero-order chi connectivity index (χ0) is 21.8. The van der Waals surface area contributed by atoms with Gasteiger partial charge in [-0.05, 0) is 39.9 Å². The van der Waals surface area contributed by atoms with Gasteiger partial charge in [-0.3, -0.25) is 4.79 Å². The fraction of sp³-hybridized carbons (Fsp3) is 0.200. The van der Waals surface area contributed by atoms with Gasteiger partial charge in [0.15, 0.2) is 0 Å². The van der Waals surface area contributed by atoms with Crippen LogP contribution in [0, 0.1) is 0 Å². The van der Waals surface area contributed by atoms with Gasteiger partial charge in [0.25, 0.3) is 0 Å². The SMILES string of the molecule is O=C(O)CCN(Cc1cccc(Cl)c1)C(=O)OCC1c2ccccc2-c2ccccc21. The van der Waals surface area contributed by atoms with Crippen LogP contribution in [0.5, 0.6) is 0 Å². The van der Waals surface area contributed by atoms with Crippen LogP contribution in [0.15, 0.2) is 72.8 Å². The van der Waals surface area contributed by atoms with Crippen LogP contribution >= 0.6 is 11.6 Å². The number of carbonyl (C=O) groups excluding carboxylic acids is 1. The van der Waals surface area contributed by atoms with E-state index >= 15 is 0 Å². The summed E-state index contributed by atoms with van der Waals surface area (Å²) in [6, 6.07) is 23.4. The highest BCUT2D eigenvalue weighted by Crippen LogP contribution is 2.44. The van der Waals surface area contributed by atoms with Crippen molar-refractivity contribution in [3.8, 4) is 11.1 Å². The Morgan fingerprint density at radius 3 is 2.19 bits per heavy atom. The van der Waals surface area contributed by atoms with Crippen LogP contribution in [0.4, 0.5) is 4.79 Å². The fourth-order valence-corrected chi connectivity index (χ4v) is 4.22. The summed E-state index contributed by atoms with van der Waals surface area (Å²) in [5.41, 5.74) is 5.37. The molecule has 0 aromatic heterocycles. The van der Waals surface area contributed by atoms with Gasteiger partial charge < -0.3 is 14.7 Å². The Balaban J connectivity index is 1.50. The van der Waals surface area contributed by atoms with E-state index in [-0.39, 0.29) is 32.0 Å². The van der Waals surface area contributed by atoms with Crippen LogP contribution in [0.1, 0.15) is 29.0 Å². The first-order chi connectivity index (χ1) is 15.0. The van der Waals surface area contributed by atoms with Crippen LogP contribution in [0.2, 0.25) is 5.02 Å². The Hall–Kier alpha value is -3.31. The normalized spacial score (nSPS) is 12.2. The minimum absolute atomic E-state index is 0.0520. The van der Waals surface area contributed by atoms with E-state index in [4.69, 9.17) is 21.4 Å². The molecule has 0 aliphatic heterocycles. The summed E-state index contributed by atoms with van der Waals surface area (Å²) >= 11 is 6.05. The molecule has 0 spiro atoms. The molecule has 0 radical (unpaired) electrons. The number of carbonyl (C=O) groups is 2. The first kappa shape index (κ1) is 20.9. The molecule has 1 N–H and O–H groups in total. The molecule has 0 atom stereocenters. The molecule has 5 nitrogen and oxygen atoms in total. The molecule has 31 heavy (non-hydrogen) atoms. The lowest BCUT2D eigenvalue weighted by Crippen LogP contribution is -2.34. The Morgan fingerprint density at radius 2 is 1.58 bits per heavy atom. The number of rotatable bonds is 7. The molecule has 3 aromatic rings. The Kier molecular flexibility index (Phi) is 6.23. The number of nitrogens with zero attached hydrogens (tertiary/aromatic N) is 1. The lowest BCUT2D eigenvalue weighted by molar-refractivity contribution is -0.137. The van der Waals surface area contributed by atoms with Crippen LogP contribution < -0.4 is 0 Å². The highest BCUT2D eigenvalue weighted by molar-refractivity contribution is 6.30. The smallest absolute Gasteiger partial charge is 0.410 e. The summed E-state index contributed by atoms with van der Waals surface area (Å²) in [4.78, 5) is 25.4. The molecule has 0 saturated heterocycles. The van der Waals surface area contributed by atoms with Gasteiger partial charge in [-0.15, -0.1) is 0 Å². The van der Waals surface area contributed by atoms with Crippen molar-refractivity contribution in [2.24, 2.45) is 0 Å². The van der Waals surface area contributed by atoms with Crippen LogP contribution in [0.25, 0.3) is 11.1 Å². The number of benzene rings is 3. The third-order valence-electron chi connectivity index (χ3n) is 5.45. The van der Waals surface area contributed by atoms with Gasteiger partial charge in [0.2, 0.25) is 0 Å². The van der Waals surface area contributed by atoms with Crippen molar-refractivity contribution >= 4 is 23.7 Å². The molecule has 3 aromatic carbocycles. The van der Waals surface area contributed by atoms with Crippen LogP contribution in [-0.4, -0.2) is 35.2 Å². The monoisotopic (exact) mass is 435 g/mol. The summed E-state index contributed by atoms with van der Waals surface area (Å²) in [5, 5.41) is 9.63. The number of carboxylic acids is 1. The molecule has 1 amide bonds. The Morgan fingerprint density at radius 1 is 0.935 bits per heavy atom. The quantitative estimate of drug-likeness (QED) is 0.527. The van der Waals surface area contributed by atoms with E-state index in [0.29, 0.717) is 5.02 Å².